The zero-order valence-corrected chi connectivity index (χ0v) is 11.2. The van der Waals surface area contributed by atoms with Crippen LogP contribution in [-0.4, -0.2) is 22.4 Å². The number of hydrogen-bond acceptors (Lipinski definition) is 3. The van der Waals surface area contributed by atoms with Gasteiger partial charge < -0.3 is 4.90 Å². The maximum atomic E-state index is 8.70. The number of nitriles is 1. The third kappa shape index (κ3) is 2.42. The standard InChI is InChI=1S/C15H13N3S/c16-11-17-15-18(8-9-19-15)10-13-6-3-5-12-4-1-2-7-14(12)13/h1-7H,8-10H2/b17-15+. The molecule has 0 atom stereocenters. The summed E-state index contributed by atoms with van der Waals surface area (Å²) in [5.74, 6) is 1.01. The van der Waals surface area contributed by atoms with E-state index < -0.39 is 0 Å². The molecule has 0 spiro atoms. The van der Waals surface area contributed by atoms with Crippen molar-refractivity contribution >= 4 is 27.7 Å². The number of fused-ring (bicyclic) bond motifs is 1. The fourth-order valence-electron chi connectivity index (χ4n) is 2.36. The van der Waals surface area contributed by atoms with Crippen LogP contribution in [0.5, 0.6) is 0 Å². The Hall–Kier alpha value is -1.99. The molecule has 4 heteroatoms. The van der Waals surface area contributed by atoms with Gasteiger partial charge in [0, 0.05) is 18.8 Å². The normalized spacial score (nSPS) is 17.0. The van der Waals surface area contributed by atoms with Gasteiger partial charge in [0.2, 0.25) is 6.19 Å². The van der Waals surface area contributed by atoms with Crippen LogP contribution in [0.15, 0.2) is 47.5 Å². The average molecular weight is 267 g/mol. The summed E-state index contributed by atoms with van der Waals surface area (Å²) < 4.78 is 0. The van der Waals surface area contributed by atoms with Crippen molar-refractivity contribution in [2.75, 3.05) is 12.3 Å². The molecule has 3 nitrogen and oxygen atoms in total. The number of rotatable bonds is 2. The molecule has 94 valence electrons. The molecule has 0 bridgehead atoms. The molecule has 1 aliphatic heterocycles. The number of aliphatic imine (C=N–C) groups is 1. The Morgan fingerprint density at radius 1 is 1.21 bits per heavy atom. The van der Waals surface area contributed by atoms with Gasteiger partial charge in [-0.05, 0) is 16.3 Å². The van der Waals surface area contributed by atoms with Crippen LogP contribution in [-0.2, 0) is 6.54 Å². The van der Waals surface area contributed by atoms with Crippen LogP contribution in [0.3, 0.4) is 0 Å². The lowest BCUT2D eigenvalue weighted by atomic mass is 10.0. The summed E-state index contributed by atoms with van der Waals surface area (Å²) in [6.07, 6.45) is 1.89. The molecule has 2 aromatic carbocycles. The van der Waals surface area contributed by atoms with Gasteiger partial charge in [0.15, 0.2) is 5.17 Å². The largest absolute Gasteiger partial charge is 0.345 e. The summed E-state index contributed by atoms with van der Waals surface area (Å²) in [5, 5.41) is 12.1. The second-order valence-electron chi connectivity index (χ2n) is 4.40. The summed E-state index contributed by atoms with van der Waals surface area (Å²) in [6, 6.07) is 14.8. The van der Waals surface area contributed by atoms with E-state index in [1.807, 2.05) is 6.19 Å². The molecule has 1 saturated heterocycles. The molecule has 0 aliphatic carbocycles. The maximum Gasteiger partial charge on any atom is 0.208 e. The molecule has 2 aromatic rings. The molecule has 0 amide bonds. The molecule has 0 aromatic heterocycles. The van der Waals surface area contributed by atoms with Gasteiger partial charge in [-0.1, -0.05) is 54.2 Å². The fourth-order valence-corrected chi connectivity index (χ4v) is 3.30. The Morgan fingerprint density at radius 2 is 2.05 bits per heavy atom. The molecule has 0 radical (unpaired) electrons. The summed E-state index contributed by atoms with van der Waals surface area (Å²) >= 11 is 1.65. The van der Waals surface area contributed by atoms with Crippen molar-refractivity contribution in [2.24, 2.45) is 4.99 Å². The van der Waals surface area contributed by atoms with E-state index in [1.54, 1.807) is 11.8 Å². The van der Waals surface area contributed by atoms with E-state index in [1.165, 1.54) is 16.3 Å². The lowest BCUT2D eigenvalue weighted by Gasteiger charge is -2.18. The third-order valence-electron chi connectivity index (χ3n) is 3.25. The van der Waals surface area contributed by atoms with E-state index in [4.69, 9.17) is 5.26 Å². The van der Waals surface area contributed by atoms with E-state index in [9.17, 15) is 0 Å². The van der Waals surface area contributed by atoms with Gasteiger partial charge in [0.1, 0.15) is 0 Å². The lowest BCUT2D eigenvalue weighted by Crippen LogP contribution is -2.23. The topological polar surface area (TPSA) is 39.4 Å². The molecule has 1 heterocycles. The predicted molar refractivity (Wildman–Crippen MR) is 79.9 cm³/mol. The first kappa shape index (κ1) is 12.1. The Kier molecular flexibility index (Phi) is 3.39. The second kappa shape index (κ2) is 5.33. The summed E-state index contributed by atoms with van der Waals surface area (Å²) in [6.45, 7) is 1.77. The Bertz CT molecular complexity index is 667. The summed E-state index contributed by atoms with van der Waals surface area (Å²) in [4.78, 5) is 6.07. The van der Waals surface area contributed by atoms with Gasteiger partial charge in [0.05, 0.1) is 0 Å². The van der Waals surface area contributed by atoms with Crippen LogP contribution in [0.2, 0.25) is 0 Å². The van der Waals surface area contributed by atoms with Crippen LogP contribution in [0.4, 0.5) is 0 Å². The van der Waals surface area contributed by atoms with Crippen LogP contribution < -0.4 is 0 Å². The number of amidine groups is 1. The van der Waals surface area contributed by atoms with Crippen LogP contribution in [0.1, 0.15) is 5.56 Å². The molecular formula is C15H13N3S. The van der Waals surface area contributed by atoms with Crippen LogP contribution in [0, 0.1) is 11.5 Å². The van der Waals surface area contributed by atoms with Crippen LogP contribution in [0.25, 0.3) is 10.8 Å². The van der Waals surface area contributed by atoms with Gasteiger partial charge in [-0.25, -0.2) is 0 Å². The molecule has 1 fully saturated rings. The molecule has 0 N–H and O–H groups in total. The summed E-state index contributed by atoms with van der Waals surface area (Å²) in [7, 11) is 0. The minimum Gasteiger partial charge on any atom is -0.345 e. The number of thioether (sulfide) groups is 1. The predicted octanol–water partition coefficient (Wildman–Crippen LogP) is 3.23. The first-order valence-electron chi connectivity index (χ1n) is 6.19. The fraction of sp³-hybridized carbons (Fsp3) is 0.200. The van der Waals surface area contributed by atoms with Gasteiger partial charge in [-0.2, -0.15) is 5.26 Å². The first-order valence-corrected chi connectivity index (χ1v) is 7.18. The zero-order valence-electron chi connectivity index (χ0n) is 10.4. The molecule has 1 aliphatic rings. The number of nitrogens with zero attached hydrogens (tertiary/aromatic N) is 3. The Labute approximate surface area is 116 Å². The highest BCUT2D eigenvalue weighted by Gasteiger charge is 2.20. The van der Waals surface area contributed by atoms with E-state index in [0.717, 1.165) is 24.0 Å². The van der Waals surface area contributed by atoms with Crippen molar-refractivity contribution < 1.29 is 0 Å². The van der Waals surface area contributed by atoms with Crippen molar-refractivity contribution in [3.63, 3.8) is 0 Å². The van der Waals surface area contributed by atoms with Crippen molar-refractivity contribution in [3.8, 4) is 6.19 Å². The van der Waals surface area contributed by atoms with Crippen molar-refractivity contribution in [1.82, 2.24) is 4.90 Å². The smallest absolute Gasteiger partial charge is 0.208 e. The highest BCUT2D eigenvalue weighted by Crippen LogP contribution is 2.24. The number of benzene rings is 2. The minimum atomic E-state index is 0.814. The third-order valence-corrected chi connectivity index (χ3v) is 4.24. The van der Waals surface area contributed by atoms with E-state index >= 15 is 0 Å². The number of hydrogen-bond donors (Lipinski definition) is 0. The SMILES string of the molecule is N#C/N=C1/SCCN1Cc1cccc2ccccc12. The van der Waals surface area contributed by atoms with E-state index in [-0.39, 0.29) is 0 Å². The van der Waals surface area contributed by atoms with Gasteiger partial charge >= 0.3 is 0 Å². The quantitative estimate of drug-likeness (QED) is 0.784. The van der Waals surface area contributed by atoms with Crippen molar-refractivity contribution in [2.45, 2.75) is 6.54 Å². The molecule has 3 rings (SSSR count). The monoisotopic (exact) mass is 267 g/mol. The van der Waals surface area contributed by atoms with Crippen molar-refractivity contribution in [1.29, 1.82) is 5.26 Å². The van der Waals surface area contributed by atoms with E-state index in [0.29, 0.717) is 0 Å². The van der Waals surface area contributed by atoms with Gasteiger partial charge in [-0.15, -0.1) is 4.99 Å². The average Bonchev–Trinajstić information content (AvgIpc) is 2.87. The highest BCUT2D eigenvalue weighted by molar-refractivity contribution is 8.14. The minimum absolute atomic E-state index is 0.814. The van der Waals surface area contributed by atoms with Crippen molar-refractivity contribution in [3.05, 3.63) is 48.0 Å². The van der Waals surface area contributed by atoms with Crippen LogP contribution >= 0.6 is 11.8 Å². The summed E-state index contributed by atoms with van der Waals surface area (Å²) in [5.41, 5.74) is 1.28. The second-order valence-corrected chi connectivity index (χ2v) is 5.46. The highest BCUT2D eigenvalue weighted by atomic mass is 32.2. The lowest BCUT2D eigenvalue weighted by molar-refractivity contribution is 0.459. The van der Waals surface area contributed by atoms with Gasteiger partial charge in [0.25, 0.3) is 0 Å². The Balaban J connectivity index is 1.94. The molecule has 0 saturated carbocycles. The molecule has 19 heavy (non-hydrogen) atoms. The molecule has 0 unspecified atom stereocenters. The Morgan fingerprint density at radius 3 is 2.95 bits per heavy atom. The molecular weight excluding hydrogens is 254 g/mol. The maximum absolute atomic E-state index is 8.70. The van der Waals surface area contributed by atoms with E-state index in [2.05, 4.69) is 52.4 Å². The first-order chi connectivity index (χ1) is 9.38. The van der Waals surface area contributed by atoms with Gasteiger partial charge in [-0.3, -0.25) is 0 Å². The zero-order chi connectivity index (χ0) is 13.1.